The van der Waals surface area contributed by atoms with Crippen molar-refractivity contribution in [1.29, 1.82) is 0 Å². The van der Waals surface area contributed by atoms with Crippen molar-refractivity contribution in [2.24, 2.45) is 11.8 Å². The third-order valence-corrected chi connectivity index (χ3v) is 5.17. The summed E-state index contributed by atoms with van der Waals surface area (Å²) in [6.07, 6.45) is 2.91. The van der Waals surface area contributed by atoms with Crippen molar-refractivity contribution in [3.05, 3.63) is 0 Å². The van der Waals surface area contributed by atoms with Gasteiger partial charge in [-0.2, -0.15) is 0 Å². The van der Waals surface area contributed by atoms with Crippen molar-refractivity contribution >= 4 is 17.8 Å². The van der Waals surface area contributed by atoms with Crippen LogP contribution in [-0.2, 0) is 9.59 Å². The lowest BCUT2D eigenvalue weighted by molar-refractivity contribution is -0.135. The van der Waals surface area contributed by atoms with Gasteiger partial charge in [0.25, 0.3) is 5.91 Å². The maximum absolute atomic E-state index is 12.5. The molecular weight excluding hydrogens is 284 g/mol. The van der Waals surface area contributed by atoms with Crippen molar-refractivity contribution in [1.82, 2.24) is 20.9 Å². The van der Waals surface area contributed by atoms with Crippen LogP contribution < -0.4 is 16.0 Å². The highest BCUT2D eigenvalue weighted by Gasteiger charge is 2.56. The van der Waals surface area contributed by atoms with Crippen molar-refractivity contribution in [3.63, 3.8) is 0 Å². The van der Waals surface area contributed by atoms with E-state index in [1.807, 2.05) is 0 Å². The summed E-state index contributed by atoms with van der Waals surface area (Å²) >= 11 is 0. The molecule has 0 aromatic rings. The highest BCUT2D eigenvalue weighted by molar-refractivity contribution is 6.09. The summed E-state index contributed by atoms with van der Waals surface area (Å²) in [5.41, 5.74) is -0.822. The Bertz CT molecular complexity index is 505. The molecule has 3 fully saturated rings. The number of imide groups is 1. The first kappa shape index (κ1) is 15.3. The summed E-state index contributed by atoms with van der Waals surface area (Å²) in [4.78, 5) is 37.7. The normalized spacial score (nSPS) is 35.5. The Hall–Kier alpha value is -1.63. The molecule has 3 rings (SSSR count). The van der Waals surface area contributed by atoms with Crippen LogP contribution in [0.3, 0.4) is 0 Å². The van der Waals surface area contributed by atoms with Crippen LogP contribution in [0.2, 0.25) is 0 Å². The van der Waals surface area contributed by atoms with E-state index in [0.29, 0.717) is 5.92 Å². The first-order valence-corrected chi connectivity index (χ1v) is 8.06. The number of hydrogen-bond donors (Lipinski definition) is 3. The van der Waals surface area contributed by atoms with Crippen LogP contribution in [0.15, 0.2) is 0 Å². The number of carbonyl (C=O) groups excluding carboxylic acids is 3. The van der Waals surface area contributed by atoms with Crippen LogP contribution in [0.4, 0.5) is 4.79 Å². The lowest BCUT2D eigenvalue weighted by atomic mass is 9.95. The standard InChI is InChI=1S/C15H24N4O3/c1-9-5-6-16-7-11(9)17-12(20)8-19-13(21)15(2,10-3-4-10)18-14(19)22/h9-11,16H,3-8H2,1-2H3,(H,17,20)(H,18,22). The SMILES string of the molecule is CC1CCNCC1NC(=O)CN1C(=O)NC(C)(C2CC2)C1=O. The molecule has 0 bridgehead atoms. The van der Waals surface area contributed by atoms with Gasteiger partial charge < -0.3 is 16.0 Å². The minimum atomic E-state index is -0.822. The number of nitrogens with one attached hydrogen (secondary N) is 3. The van der Waals surface area contributed by atoms with E-state index >= 15 is 0 Å². The molecule has 3 N–H and O–H groups in total. The quantitative estimate of drug-likeness (QED) is 0.629. The molecule has 0 aromatic carbocycles. The molecule has 2 saturated heterocycles. The minimum Gasteiger partial charge on any atom is -0.350 e. The molecular formula is C15H24N4O3. The van der Waals surface area contributed by atoms with Gasteiger partial charge in [-0.25, -0.2) is 4.79 Å². The van der Waals surface area contributed by atoms with Crippen molar-refractivity contribution in [2.75, 3.05) is 19.6 Å². The van der Waals surface area contributed by atoms with Crippen LogP contribution in [0.25, 0.3) is 0 Å². The van der Waals surface area contributed by atoms with Gasteiger partial charge in [0.15, 0.2) is 0 Å². The second kappa shape index (κ2) is 5.53. The Kier molecular flexibility index (Phi) is 3.84. The number of urea groups is 1. The van der Waals surface area contributed by atoms with E-state index in [1.54, 1.807) is 6.92 Å². The third-order valence-electron chi connectivity index (χ3n) is 5.17. The van der Waals surface area contributed by atoms with Gasteiger partial charge in [0, 0.05) is 12.6 Å². The second-order valence-electron chi connectivity index (χ2n) is 6.94. The zero-order valence-electron chi connectivity index (χ0n) is 13.1. The third kappa shape index (κ3) is 2.69. The van der Waals surface area contributed by atoms with Gasteiger partial charge in [-0.15, -0.1) is 0 Å². The van der Waals surface area contributed by atoms with E-state index in [-0.39, 0.29) is 30.3 Å². The average Bonchev–Trinajstić information content (AvgIpc) is 3.28. The Morgan fingerprint density at radius 3 is 2.73 bits per heavy atom. The van der Waals surface area contributed by atoms with Gasteiger partial charge in [-0.1, -0.05) is 6.92 Å². The molecule has 22 heavy (non-hydrogen) atoms. The zero-order valence-corrected chi connectivity index (χ0v) is 13.1. The maximum atomic E-state index is 12.5. The number of carbonyl (C=O) groups is 3. The van der Waals surface area contributed by atoms with Gasteiger partial charge in [-0.3, -0.25) is 14.5 Å². The molecule has 1 aliphatic carbocycles. The van der Waals surface area contributed by atoms with Crippen molar-refractivity contribution < 1.29 is 14.4 Å². The maximum Gasteiger partial charge on any atom is 0.325 e. The van der Waals surface area contributed by atoms with E-state index in [4.69, 9.17) is 0 Å². The van der Waals surface area contributed by atoms with Gasteiger partial charge in [0.2, 0.25) is 5.91 Å². The highest BCUT2D eigenvalue weighted by atomic mass is 16.2. The van der Waals surface area contributed by atoms with Crippen LogP contribution >= 0.6 is 0 Å². The summed E-state index contributed by atoms with van der Waals surface area (Å²) in [7, 11) is 0. The minimum absolute atomic E-state index is 0.0526. The zero-order chi connectivity index (χ0) is 15.9. The van der Waals surface area contributed by atoms with E-state index in [0.717, 1.165) is 37.3 Å². The molecule has 122 valence electrons. The molecule has 7 nitrogen and oxygen atoms in total. The summed E-state index contributed by atoms with van der Waals surface area (Å²) in [6.45, 7) is 5.35. The monoisotopic (exact) mass is 308 g/mol. The predicted octanol–water partition coefficient (Wildman–Crippen LogP) is -0.179. The fourth-order valence-corrected chi connectivity index (χ4v) is 3.38. The molecule has 0 aromatic heterocycles. The topological polar surface area (TPSA) is 90.5 Å². The summed E-state index contributed by atoms with van der Waals surface area (Å²) in [5, 5.41) is 8.93. The Morgan fingerprint density at radius 2 is 2.09 bits per heavy atom. The van der Waals surface area contributed by atoms with E-state index in [1.165, 1.54) is 0 Å². The Balaban J connectivity index is 1.59. The van der Waals surface area contributed by atoms with Crippen LogP contribution in [0.1, 0.15) is 33.1 Å². The molecule has 0 radical (unpaired) electrons. The first-order chi connectivity index (χ1) is 10.4. The summed E-state index contributed by atoms with van der Waals surface area (Å²) < 4.78 is 0. The molecule has 1 saturated carbocycles. The van der Waals surface area contributed by atoms with Gasteiger partial charge in [0.05, 0.1) is 0 Å². The van der Waals surface area contributed by atoms with Gasteiger partial charge in [-0.05, 0) is 44.6 Å². The predicted molar refractivity (Wildman–Crippen MR) is 80.0 cm³/mol. The number of piperidine rings is 1. The molecule has 4 amide bonds. The molecule has 2 heterocycles. The number of rotatable bonds is 4. The molecule has 0 spiro atoms. The second-order valence-corrected chi connectivity index (χ2v) is 6.94. The van der Waals surface area contributed by atoms with Crippen LogP contribution in [-0.4, -0.2) is 54.0 Å². The number of hydrogen-bond acceptors (Lipinski definition) is 4. The molecule has 3 unspecified atom stereocenters. The van der Waals surface area contributed by atoms with E-state index < -0.39 is 11.6 Å². The lowest BCUT2D eigenvalue weighted by Gasteiger charge is -2.30. The lowest BCUT2D eigenvalue weighted by Crippen LogP contribution is -2.53. The van der Waals surface area contributed by atoms with Crippen molar-refractivity contribution in [3.8, 4) is 0 Å². The molecule has 2 aliphatic heterocycles. The Labute approximate surface area is 130 Å². The van der Waals surface area contributed by atoms with Gasteiger partial charge >= 0.3 is 6.03 Å². The number of amides is 4. The fraction of sp³-hybridized carbons (Fsp3) is 0.800. The molecule has 3 atom stereocenters. The number of nitrogens with zero attached hydrogens (tertiary/aromatic N) is 1. The van der Waals surface area contributed by atoms with E-state index in [9.17, 15) is 14.4 Å². The molecule has 7 heteroatoms. The highest BCUT2D eigenvalue weighted by Crippen LogP contribution is 2.42. The smallest absolute Gasteiger partial charge is 0.325 e. The average molecular weight is 308 g/mol. The first-order valence-electron chi connectivity index (χ1n) is 8.06. The fourth-order valence-electron chi connectivity index (χ4n) is 3.38. The van der Waals surface area contributed by atoms with Gasteiger partial charge in [0.1, 0.15) is 12.1 Å². The largest absolute Gasteiger partial charge is 0.350 e. The van der Waals surface area contributed by atoms with E-state index in [2.05, 4.69) is 22.9 Å². The Morgan fingerprint density at radius 1 is 1.36 bits per heavy atom. The molecule has 3 aliphatic rings. The summed E-state index contributed by atoms with van der Waals surface area (Å²) in [6, 6.07) is -0.402. The van der Waals surface area contributed by atoms with Crippen LogP contribution in [0.5, 0.6) is 0 Å². The van der Waals surface area contributed by atoms with Crippen molar-refractivity contribution in [2.45, 2.75) is 44.7 Å². The summed E-state index contributed by atoms with van der Waals surface area (Å²) in [5.74, 6) is 0.0543. The van der Waals surface area contributed by atoms with Crippen LogP contribution in [0, 0.1) is 11.8 Å².